The molecule has 0 spiro atoms. The summed E-state index contributed by atoms with van der Waals surface area (Å²) in [6.45, 7) is 6.18. The molecular formula is C19H28N2O3S. The van der Waals surface area contributed by atoms with E-state index in [2.05, 4.69) is 16.3 Å². The van der Waals surface area contributed by atoms with Crippen molar-refractivity contribution in [2.75, 3.05) is 43.1 Å². The largest absolute Gasteiger partial charge is 0.376 e. The molecule has 2 aliphatic rings. The highest BCUT2D eigenvalue weighted by molar-refractivity contribution is 7.99. The molecular weight excluding hydrogens is 336 g/mol. The van der Waals surface area contributed by atoms with Crippen LogP contribution in [0.2, 0.25) is 0 Å². The maximum Gasteiger partial charge on any atom is 0.253 e. The Morgan fingerprint density at radius 1 is 1.40 bits per heavy atom. The van der Waals surface area contributed by atoms with Crippen LogP contribution in [-0.4, -0.2) is 60.8 Å². The Bertz CT molecular complexity index is 557. The average molecular weight is 365 g/mol. The number of nitrogens with one attached hydrogen (secondary N) is 1. The van der Waals surface area contributed by atoms with E-state index in [4.69, 9.17) is 9.47 Å². The number of hydrogen-bond acceptors (Lipinski definition) is 5. The molecule has 1 N–H and O–H groups in total. The first kappa shape index (κ1) is 18.7. The molecule has 1 amide bonds. The molecule has 2 aliphatic heterocycles. The molecule has 2 fully saturated rings. The summed E-state index contributed by atoms with van der Waals surface area (Å²) in [6.07, 6.45) is 1.76. The first-order chi connectivity index (χ1) is 12.2. The van der Waals surface area contributed by atoms with E-state index in [1.54, 1.807) is 6.92 Å². The van der Waals surface area contributed by atoms with Gasteiger partial charge in [0.2, 0.25) is 0 Å². The van der Waals surface area contributed by atoms with Crippen molar-refractivity contribution in [1.29, 1.82) is 0 Å². The number of hydrogen-bond donors (Lipinski definition) is 1. The van der Waals surface area contributed by atoms with Gasteiger partial charge in [0.15, 0.2) is 0 Å². The summed E-state index contributed by atoms with van der Waals surface area (Å²) < 4.78 is 11.2. The highest BCUT2D eigenvalue weighted by atomic mass is 32.2. The lowest BCUT2D eigenvalue weighted by molar-refractivity contribution is -0.128. The fraction of sp³-hybridized carbons (Fsp3) is 0.632. The van der Waals surface area contributed by atoms with E-state index in [0.717, 1.165) is 50.3 Å². The van der Waals surface area contributed by atoms with Crippen molar-refractivity contribution < 1.29 is 14.3 Å². The Hall–Kier alpha value is -1.08. The molecule has 2 unspecified atom stereocenters. The van der Waals surface area contributed by atoms with Crippen LogP contribution in [0.3, 0.4) is 0 Å². The normalized spacial score (nSPS) is 22.7. The van der Waals surface area contributed by atoms with Gasteiger partial charge in [-0.05, 0) is 31.4 Å². The zero-order chi connectivity index (χ0) is 17.5. The summed E-state index contributed by atoms with van der Waals surface area (Å²) in [5.74, 6) is 2.27. The van der Waals surface area contributed by atoms with Gasteiger partial charge in [-0.3, -0.25) is 9.69 Å². The van der Waals surface area contributed by atoms with Gasteiger partial charge in [-0.2, -0.15) is 11.8 Å². The lowest BCUT2D eigenvalue weighted by atomic mass is 10.1. The molecule has 5 nitrogen and oxygen atoms in total. The van der Waals surface area contributed by atoms with Gasteiger partial charge >= 0.3 is 0 Å². The number of para-hydroxylation sites is 1. The molecule has 1 aromatic rings. The summed E-state index contributed by atoms with van der Waals surface area (Å²) in [4.78, 5) is 14.9. The monoisotopic (exact) mass is 364 g/mol. The van der Waals surface area contributed by atoms with E-state index in [9.17, 15) is 4.79 Å². The van der Waals surface area contributed by atoms with E-state index in [-0.39, 0.29) is 12.0 Å². The van der Waals surface area contributed by atoms with Crippen LogP contribution in [-0.2, 0) is 20.8 Å². The molecule has 3 rings (SSSR count). The smallest absolute Gasteiger partial charge is 0.253 e. The number of amides is 1. The molecule has 0 radical (unpaired) electrons. The summed E-state index contributed by atoms with van der Waals surface area (Å²) in [5.41, 5.74) is 2.05. The number of carbonyl (C=O) groups is 1. The molecule has 0 bridgehead atoms. The maximum absolute atomic E-state index is 12.5. The second-order valence-electron chi connectivity index (χ2n) is 6.65. The number of ether oxygens (including phenoxy) is 2. The van der Waals surface area contributed by atoms with Crippen LogP contribution in [0, 0.1) is 0 Å². The molecule has 6 heteroatoms. The second-order valence-corrected chi connectivity index (χ2v) is 7.87. The van der Waals surface area contributed by atoms with Crippen LogP contribution in [0.25, 0.3) is 0 Å². The second kappa shape index (κ2) is 9.57. The van der Waals surface area contributed by atoms with Gasteiger partial charge in [0.05, 0.1) is 12.7 Å². The van der Waals surface area contributed by atoms with Crippen LogP contribution >= 0.6 is 11.8 Å². The lowest BCUT2D eigenvalue weighted by Gasteiger charge is -2.27. The molecule has 0 aliphatic carbocycles. The van der Waals surface area contributed by atoms with Crippen molar-refractivity contribution in [3.8, 4) is 0 Å². The van der Waals surface area contributed by atoms with E-state index < -0.39 is 6.10 Å². The average Bonchev–Trinajstić information content (AvgIpc) is 3.16. The van der Waals surface area contributed by atoms with Gasteiger partial charge in [-0.25, -0.2) is 0 Å². The highest BCUT2D eigenvalue weighted by Crippen LogP contribution is 2.20. The number of thioether (sulfide) groups is 1. The van der Waals surface area contributed by atoms with Crippen molar-refractivity contribution in [1.82, 2.24) is 4.90 Å². The first-order valence-corrected chi connectivity index (χ1v) is 10.3. The quantitative estimate of drug-likeness (QED) is 0.806. The van der Waals surface area contributed by atoms with E-state index in [0.29, 0.717) is 6.61 Å². The maximum atomic E-state index is 12.5. The lowest BCUT2D eigenvalue weighted by Crippen LogP contribution is -2.33. The molecule has 0 aromatic heterocycles. The molecule has 138 valence electrons. The van der Waals surface area contributed by atoms with Gasteiger partial charge < -0.3 is 14.8 Å². The number of carbonyl (C=O) groups excluding carboxylic acids is 1. The zero-order valence-corrected chi connectivity index (χ0v) is 15.7. The minimum Gasteiger partial charge on any atom is -0.376 e. The van der Waals surface area contributed by atoms with E-state index >= 15 is 0 Å². The van der Waals surface area contributed by atoms with Gasteiger partial charge in [0, 0.05) is 43.4 Å². The highest BCUT2D eigenvalue weighted by Gasteiger charge is 2.21. The zero-order valence-electron chi connectivity index (χ0n) is 14.9. The number of benzene rings is 1. The van der Waals surface area contributed by atoms with Crippen molar-refractivity contribution in [3.63, 3.8) is 0 Å². The van der Waals surface area contributed by atoms with Crippen molar-refractivity contribution in [2.45, 2.75) is 38.5 Å². The fourth-order valence-electron chi connectivity index (χ4n) is 3.12. The molecule has 0 saturated carbocycles. The van der Waals surface area contributed by atoms with Crippen LogP contribution in [0.1, 0.15) is 25.3 Å². The Balaban J connectivity index is 1.52. The van der Waals surface area contributed by atoms with Crippen molar-refractivity contribution in [3.05, 3.63) is 29.8 Å². The Morgan fingerprint density at radius 3 is 2.96 bits per heavy atom. The van der Waals surface area contributed by atoms with E-state index in [1.807, 2.05) is 30.0 Å². The van der Waals surface area contributed by atoms with Gasteiger partial charge in [0.25, 0.3) is 5.91 Å². The topological polar surface area (TPSA) is 50.8 Å². The fourth-order valence-corrected chi connectivity index (χ4v) is 4.10. The predicted molar refractivity (Wildman–Crippen MR) is 102 cm³/mol. The summed E-state index contributed by atoms with van der Waals surface area (Å²) in [6, 6.07) is 8.05. The van der Waals surface area contributed by atoms with Gasteiger partial charge in [0.1, 0.15) is 6.10 Å². The van der Waals surface area contributed by atoms with Gasteiger partial charge in [-0.1, -0.05) is 18.2 Å². The number of anilines is 1. The third-order valence-electron chi connectivity index (χ3n) is 4.70. The predicted octanol–water partition coefficient (Wildman–Crippen LogP) is 2.76. The SMILES string of the molecule is CC(OCC1CCCO1)C(=O)Nc1ccccc1CN1CCSCC1. The minimum absolute atomic E-state index is 0.0975. The van der Waals surface area contributed by atoms with E-state index in [1.165, 1.54) is 11.5 Å². The van der Waals surface area contributed by atoms with Crippen LogP contribution in [0.5, 0.6) is 0 Å². The molecule has 2 saturated heterocycles. The van der Waals surface area contributed by atoms with Crippen LogP contribution < -0.4 is 5.32 Å². The third kappa shape index (κ3) is 5.71. The Morgan fingerprint density at radius 2 is 2.20 bits per heavy atom. The van der Waals surface area contributed by atoms with Gasteiger partial charge in [-0.15, -0.1) is 0 Å². The van der Waals surface area contributed by atoms with Crippen molar-refractivity contribution in [2.24, 2.45) is 0 Å². The first-order valence-electron chi connectivity index (χ1n) is 9.14. The number of nitrogens with zero attached hydrogens (tertiary/aromatic N) is 1. The number of rotatable bonds is 7. The Kier molecular flexibility index (Phi) is 7.16. The minimum atomic E-state index is -0.483. The summed E-state index contributed by atoms with van der Waals surface area (Å²) in [5, 5.41) is 3.04. The Labute approximate surface area is 154 Å². The van der Waals surface area contributed by atoms with Crippen molar-refractivity contribution >= 4 is 23.4 Å². The molecule has 2 heterocycles. The standard InChI is InChI=1S/C19H28N2O3S/c1-15(24-14-17-6-4-10-23-17)19(22)20-18-7-3-2-5-16(18)13-21-8-11-25-12-9-21/h2-3,5,7,15,17H,4,6,8-14H2,1H3,(H,20,22). The third-order valence-corrected chi connectivity index (χ3v) is 5.64. The van der Waals surface area contributed by atoms with Crippen LogP contribution in [0.4, 0.5) is 5.69 Å². The molecule has 25 heavy (non-hydrogen) atoms. The molecule has 1 aromatic carbocycles. The summed E-state index contributed by atoms with van der Waals surface area (Å²) in [7, 11) is 0. The molecule has 2 atom stereocenters. The van der Waals surface area contributed by atoms with Crippen LogP contribution in [0.15, 0.2) is 24.3 Å². The summed E-state index contributed by atoms with van der Waals surface area (Å²) >= 11 is 2.01.